The standard InChI is InChI=1S/C13H18N2O3S/c1-19-9-5-3-2-4-8(9)15-11(17)13(6-7-13)10(16)14-12(15)18/h8-9H,2-7H2,1H3,(H,14,16,18). The lowest BCUT2D eigenvalue weighted by molar-refractivity contribution is -0.146. The maximum Gasteiger partial charge on any atom is 0.331 e. The fourth-order valence-electron chi connectivity index (χ4n) is 3.21. The lowest BCUT2D eigenvalue weighted by Gasteiger charge is -2.41. The summed E-state index contributed by atoms with van der Waals surface area (Å²) in [5.41, 5.74) is -0.908. The summed E-state index contributed by atoms with van der Waals surface area (Å²) >= 11 is 1.71. The quantitative estimate of drug-likeness (QED) is 0.780. The van der Waals surface area contributed by atoms with Crippen molar-refractivity contribution in [3.63, 3.8) is 0 Å². The van der Waals surface area contributed by atoms with Gasteiger partial charge in [-0.05, 0) is 31.9 Å². The van der Waals surface area contributed by atoms with Crippen LogP contribution in [0.15, 0.2) is 0 Å². The second-order valence-corrected chi connectivity index (χ2v) is 6.72. The molecular formula is C13H18N2O3S. The van der Waals surface area contributed by atoms with Gasteiger partial charge in [-0.3, -0.25) is 19.8 Å². The summed E-state index contributed by atoms with van der Waals surface area (Å²) in [7, 11) is 0. The molecule has 2 unspecified atom stereocenters. The van der Waals surface area contributed by atoms with Crippen molar-refractivity contribution in [1.82, 2.24) is 10.2 Å². The predicted octanol–water partition coefficient (Wildman–Crippen LogP) is 1.52. The molecule has 19 heavy (non-hydrogen) atoms. The average Bonchev–Trinajstić information content (AvgIpc) is 3.19. The lowest BCUT2D eigenvalue weighted by atomic mass is 9.91. The van der Waals surface area contributed by atoms with Gasteiger partial charge in [0.25, 0.3) is 0 Å². The van der Waals surface area contributed by atoms with Crippen LogP contribution in [-0.2, 0) is 9.59 Å². The van der Waals surface area contributed by atoms with E-state index in [2.05, 4.69) is 5.32 Å². The number of carbonyl (C=O) groups excluding carboxylic acids is 3. The first-order valence-corrected chi connectivity index (χ1v) is 8.11. The van der Waals surface area contributed by atoms with Crippen LogP contribution in [0, 0.1) is 5.41 Å². The maximum absolute atomic E-state index is 12.5. The van der Waals surface area contributed by atoms with Crippen LogP contribution in [0.3, 0.4) is 0 Å². The van der Waals surface area contributed by atoms with Gasteiger partial charge in [0.15, 0.2) is 0 Å². The summed E-state index contributed by atoms with van der Waals surface area (Å²) in [4.78, 5) is 37.7. The first-order chi connectivity index (χ1) is 9.10. The molecule has 0 radical (unpaired) electrons. The zero-order chi connectivity index (χ0) is 13.6. The molecule has 104 valence electrons. The second kappa shape index (κ2) is 4.51. The van der Waals surface area contributed by atoms with Crippen molar-refractivity contribution >= 4 is 29.6 Å². The van der Waals surface area contributed by atoms with Gasteiger partial charge in [0.1, 0.15) is 5.41 Å². The number of barbiturate groups is 1. The van der Waals surface area contributed by atoms with Crippen molar-refractivity contribution in [1.29, 1.82) is 0 Å². The minimum absolute atomic E-state index is 0.0539. The molecule has 0 aromatic carbocycles. The third-order valence-corrected chi connectivity index (χ3v) is 5.71. The number of nitrogens with one attached hydrogen (secondary N) is 1. The first kappa shape index (κ1) is 13.0. The van der Waals surface area contributed by atoms with Gasteiger partial charge < -0.3 is 0 Å². The minimum atomic E-state index is -0.908. The Kier molecular flexibility index (Phi) is 3.08. The minimum Gasteiger partial charge on any atom is -0.277 e. The summed E-state index contributed by atoms with van der Waals surface area (Å²) in [6.07, 6.45) is 7.26. The van der Waals surface area contributed by atoms with Gasteiger partial charge in [0, 0.05) is 5.25 Å². The second-order valence-electron chi connectivity index (χ2n) is 5.64. The first-order valence-electron chi connectivity index (χ1n) is 6.82. The zero-order valence-electron chi connectivity index (χ0n) is 11.0. The molecular weight excluding hydrogens is 264 g/mol. The molecule has 4 amide bonds. The zero-order valence-corrected chi connectivity index (χ0v) is 11.8. The molecule has 0 bridgehead atoms. The Labute approximate surface area is 116 Å². The fourth-order valence-corrected chi connectivity index (χ4v) is 4.19. The molecule has 1 aliphatic heterocycles. The fraction of sp³-hybridized carbons (Fsp3) is 0.769. The predicted molar refractivity (Wildman–Crippen MR) is 71.6 cm³/mol. The van der Waals surface area contributed by atoms with Gasteiger partial charge in [0.2, 0.25) is 11.8 Å². The summed E-state index contributed by atoms with van der Waals surface area (Å²) in [6.45, 7) is 0. The van der Waals surface area contributed by atoms with Crippen LogP contribution in [0.25, 0.3) is 0 Å². The molecule has 1 heterocycles. The van der Waals surface area contributed by atoms with E-state index in [0.29, 0.717) is 18.1 Å². The average molecular weight is 282 g/mol. The molecule has 2 saturated carbocycles. The van der Waals surface area contributed by atoms with Crippen LogP contribution in [0.5, 0.6) is 0 Å². The van der Waals surface area contributed by atoms with Gasteiger partial charge in [-0.1, -0.05) is 12.8 Å². The Balaban J connectivity index is 1.88. The Morgan fingerprint density at radius 2 is 1.89 bits per heavy atom. The molecule has 3 fully saturated rings. The summed E-state index contributed by atoms with van der Waals surface area (Å²) in [5.74, 6) is -0.650. The van der Waals surface area contributed by atoms with Gasteiger partial charge in [0.05, 0.1) is 6.04 Å². The van der Waals surface area contributed by atoms with Crippen molar-refractivity contribution in [3.05, 3.63) is 0 Å². The summed E-state index contributed by atoms with van der Waals surface area (Å²) in [5, 5.41) is 2.67. The van der Waals surface area contributed by atoms with Gasteiger partial charge in [-0.25, -0.2) is 4.79 Å². The number of carbonyl (C=O) groups is 3. The van der Waals surface area contributed by atoms with E-state index < -0.39 is 17.4 Å². The number of thioether (sulfide) groups is 1. The van der Waals surface area contributed by atoms with Crippen LogP contribution < -0.4 is 5.32 Å². The third kappa shape index (κ3) is 1.88. The van der Waals surface area contributed by atoms with Crippen molar-refractivity contribution < 1.29 is 14.4 Å². The Morgan fingerprint density at radius 1 is 1.21 bits per heavy atom. The van der Waals surface area contributed by atoms with Crippen molar-refractivity contribution in [2.75, 3.05) is 6.26 Å². The van der Waals surface area contributed by atoms with Crippen LogP contribution in [0.1, 0.15) is 38.5 Å². The number of hydrogen-bond acceptors (Lipinski definition) is 4. The molecule has 2 aliphatic carbocycles. The largest absolute Gasteiger partial charge is 0.331 e. The lowest BCUT2D eigenvalue weighted by Crippen LogP contribution is -2.64. The molecule has 1 N–H and O–H groups in total. The Bertz CT molecular complexity index is 447. The van der Waals surface area contributed by atoms with E-state index in [9.17, 15) is 14.4 Å². The van der Waals surface area contributed by atoms with Gasteiger partial charge in [-0.15, -0.1) is 0 Å². The van der Waals surface area contributed by atoms with Crippen LogP contribution in [0.2, 0.25) is 0 Å². The Hall–Kier alpha value is -1.04. The SMILES string of the molecule is CSC1CCCCC1N1C(=O)NC(=O)C2(CC2)C1=O. The van der Waals surface area contributed by atoms with Crippen LogP contribution in [0.4, 0.5) is 4.79 Å². The number of amides is 4. The number of nitrogens with zero attached hydrogens (tertiary/aromatic N) is 1. The molecule has 1 saturated heterocycles. The smallest absolute Gasteiger partial charge is 0.277 e. The molecule has 1 spiro atoms. The third-order valence-electron chi connectivity index (χ3n) is 4.55. The van der Waals surface area contributed by atoms with E-state index in [1.165, 1.54) is 4.90 Å². The molecule has 6 heteroatoms. The molecule has 0 aromatic heterocycles. The van der Waals surface area contributed by atoms with Crippen molar-refractivity contribution in [3.8, 4) is 0 Å². The highest BCUT2D eigenvalue weighted by atomic mass is 32.2. The highest BCUT2D eigenvalue weighted by Gasteiger charge is 2.63. The van der Waals surface area contributed by atoms with Crippen LogP contribution in [-0.4, -0.2) is 40.3 Å². The van der Waals surface area contributed by atoms with Crippen molar-refractivity contribution in [2.24, 2.45) is 5.41 Å². The number of urea groups is 1. The van der Waals surface area contributed by atoms with E-state index in [0.717, 1.165) is 25.7 Å². The van der Waals surface area contributed by atoms with E-state index >= 15 is 0 Å². The molecule has 0 aromatic rings. The number of hydrogen-bond donors (Lipinski definition) is 1. The van der Waals surface area contributed by atoms with Crippen LogP contribution >= 0.6 is 11.8 Å². The normalized spacial score (nSPS) is 33.5. The van der Waals surface area contributed by atoms with E-state index in [1.54, 1.807) is 11.8 Å². The van der Waals surface area contributed by atoms with Crippen molar-refractivity contribution in [2.45, 2.75) is 49.8 Å². The van der Waals surface area contributed by atoms with E-state index in [-0.39, 0.29) is 11.9 Å². The number of imide groups is 2. The monoisotopic (exact) mass is 282 g/mol. The molecule has 3 aliphatic rings. The Morgan fingerprint density at radius 3 is 2.53 bits per heavy atom. The molecule has 2 atom stereocenters. The topological polar surface area (TPSA) is 66.5 Å². The molecule has 5 nitrogen and oxygen atoms in total. The van der Waals surface area contributed by atoms with Gasteiger partial charge >= 0.3 is 6.03 Å². The van der Waals surface area contributed by atoms with Gasteiger partial charge in [-0.2, -0.15) is 11.8 Å². The van der Waals surface area contributed by atoms with E-state index in [1.807, 2.05) is 6.26 Å². The number of rotatable bonds is 2. The highest BCUT2D eigenvalue weighted by molar-refractivity contribution is 7.99. The highest BCUT2D eigenvalue weighted by Crippen LogP contribution is 2.50. The maximum atomic E-state index is 12.5. The summed E-state index contributed by atoms with van der Waals surface area (Å²) < 4.78 is 0. The molecule has 3 rings (SSSR count). The van der Waals surface area contributed by atoms with E-state index in [4.69, 9.17) is 0 Å². The summed E-state index contributed by atoms with van der Waals surface area (Å²) in [6, 6.07) is -0.569.